The van der Waals surface area contributed by atoms with Crippen LogP contribution in [0, 0.1) is 12.8 Å². The fourth-order valence-electron chi connectivity index (χ4n) is 3.53. The van der Waals surface area contributed by atoms with Crippen LogP contribution in [0.15, 0.2) is 42.0 Å². The predicted molar refractivity (Wildman–Crippen MR) is 97.8 cm³/mol. The Morgan fingerprint density at radius 3 is 2.84 bits per heavy atom. The number of aryl methyl sites for hydroxylation is 1. The fraction of sp³-hybridized carbons (Fsp3) is 0.368. The van der Waals surface area contributed by atoms with Crippen molar-refractivity contribution >= 4 is 22.8 Å². The number of carbonyl (C=O) groups is 1. The molecule has 0 saturated carbocycles. The van der Waals surface area contributed by atoms with E-state index in [2.05, 4.69) is 5.10 Å². The molecule has 130 valence electrons. The molecule has 3 aromatic rings. The summed E-state index contributed by atoms with van der Waals surface area (Å²) in [5.41, 5.74) is 2.60. The van der Waals surface area contributed by atoms with Crippen LogP contribution in [0.5, 0.6) is 0 Å². The van der Waals surface area contributed by atoms with Gasteiger partial charge in [-0.25, -0.2) is 4.52 Å². The molecule has 1 N–H and O–H groups in total. The molecule has 0 bridgehead atoms. The average molecular weight is 355 g/mol. The van der Waals surface area contributed by atoms with Gasteiger partial charge in [-0.3, -0.25) is 4.79 Å². The minimum absolute atomic E-state index is 0.0305. The van der Waals surface area contributed by atoms with Gasteiger partial charge in [0.1, 0.15) is 0 Å². The summed E-state index contributed by atoms with van der Waals surface area (Å²) < 4.78 is 1.76. The summed E-state index contributed by atoms with van der Waals surface area (Å²) in [4.78, 5) is 15.8. The van der Waals surface area contributed by atoms with Gasteiger partial charge < -0.3 is 10.0 Å². The smallest absolute Gasteiger partial charge is 0.257 e. The maximum atomic E-state index is 12.9. The van der Waals surface area contributed by atoms with Crippen molar-refractivity contribution in [2.45, 2.75) is 25.9 Å². The first-order valence-electron chi connectivity index (χ1n) is 8.58. The molecule has 1 atom stereocenters. The maximum Gasteiger partial charge on any atom is 0.257 e. The van der Waals surface area contributed by atoms with Crippen LogP contribution in [0.2, 0.25) is 0 Å². The Labute approximate surface area is 150 Å². The van der Waals surface area contributed by atoms with Gasteiger partial charge in [-0.15, -0.1) is 11.3 Å². The summed E-state index contributed by atoms with van der Waals surface area (Å²) in [7, 11) is 0. The first-order valence-corrected chi connectivity index (χ1v) is 9.46. The SMILES string of the molecule is Cc1ccc2c(C(=O)N3CCC(C(O)c4cccs4)CC3)cnn2c1. The van der Waals surface area contributed by atoms with Crippen molar-refractivity contribution in [3.05, 3.63) is 58.0 Å². The second-order valence-corrected chi connectivity index (χ2v) is 7.66. The van der Waals surface area contributed by atoms with E-state index in [9.17, 15) is 9.90 Å². The van der Waals surface area contributed by atoms with Crippen molar-refractivity contribution in [1.29, 1.82) is 0 Å². The van der Waals surface area contributed by atoms with Crippen molar-refractivity contribution in [2.75, 3.05) is 13.1 Å². The van der Waals surface area contributed by atoms with Crippen LogP contribution in [0.3, 0.4) is 0 Å². The number of rotatable bonds is 3. The van der Waals surface area contributed by atoms with Gasteiger partial charge in [0.15, 0.2) is 0 Å². The first kappa shape index (κ1) is 16.3. The highest BCUT2D eigenvalue weighted by Crippen LogP contribution is 2.33. The summed E-state index contributed by atoms with van der Waals surface area (Å²) in [5, 5.41) is 16.8. The molecule has 0 aliphatic carbocycles. The third-order valence-electron chi connectivity index (χ3n) is 5.00. The number of piperidine rings is 1. The third kappa shape index (κ3) is 3.07. The number of pyridine rings is 1. The van der Waals surface area contributed by atoms with E-state index in [0.717, 1.165) is 28.8 Å². The van der Waals surface area contributed by atoms with Gasteiger partial charge in [-0.2, -0.15) is 5.10 Å². The van der Waals surface area contributed by atoms with Crippen molar-refractivity contribution in [3.63, 3.8) is 0 Å². The zero-order chi connectivity index (χ0) is 17.4. The largest absolute Gasteiger partial charge is 0.387 e. The molecule has 1 aliphatic rings. The van der Waals surface area contributed by atoms with E-state index in [-0.39, 0.29) is 11.8 Å². The van der Waals surface area contributed by atoms with Gasteiger partial charge in [0.25, 0.3) is 5.91 Å². The molecular formula is C19H21N3O2S. The molecule has 1 fully saturated rings. The number of nitrogens with zero attached hydrogens (tertiary/aromatic N) is 3. The molecule has 1 aliphatic heterocycles. The van der Waals surface area contributed by atoms with Gasteiger partial charge in [-0.1, -0.05) is 12.1 Å². The first-order chi connectivity index (χ1) is 12.1. The minimum atomic E-state index is -0.419. The van der Waals surface area contributed by atoms with E-state index in [1.807, 2.05) is 47.7 Å². The summed E-state index contributed by atoms with van der Waals surface area (Å²) in [5.74, 6) is 0.247. The highest BCUT2D eigenvalue weighted by Gasteiger charge is 2.30. The number of likely N-dealkylation sites (tertiary alicyclic amines) is 1. The summed E-state index contributed by atoms with van der Waals surface area (Å²) in [6, 6.07) is 7.89. The molecule has 4 heterocycles. The van der Waals surface area contributed by atoms with E-state index >= 15 is 0 Å². The standard InChI is InChI=1S/C19H21N3O2S/c1-13-4-5-16-15(11-20-22(16)12-13)19(24)21-8-6-14(7-9-21)18(23)17-3-2-10-25-17/h2-5,10-12,14,18,23H,6-9H2,1H3. The molecular weight excluding hydrogens is 334 g/mol. The molecule has 0 radical (unpaired) electrons. The highest BCUT2D eigenvalue weighted by molar-refractivity contribution is 7.10. The Morgan fingerprint density at radius 2 is 2.12 bits per heavy atom. The molecule has 1 saturated heterocycles. The minimum Gasteiger partial charge on any atom is -0.387 e. The number of hydrogen-bond donors (Lipinski definition) is 1. The quantitative estimate of drug-likeness (QED) is 0.784. The monoisotopic (exact) mass is 355 g/mol. The fourth-order valence-corrected chi connectivity index (χ4v) is 4.34. The van der Waals surface area contributed by atoms with Crippen LogP contribution < -0.4 is 0 Å². The number of aliphatic hydroxyl groups is 1. The number of aromatic nitrogens is 2. The van der Waals surface area contributed by atoms with Crippen LogP contribution >= 0.6 is 11.3 Å². The van der Waals surface area contributed by atoms with E-state index < -0.39 is 6.10 Å². The van der Waals surface area contributed by atoms with Crippen molar-refractivity contribution in [2.24, 2.45) is 5.92 Å². The number of aliphatic hydroxyl groups excluding tert-OH is 1. The normalized spacial score (nSPS) is 17.1. The highest BCUT2D eigenvalue weighted by atomic mass is 32.1. The van der Waals surface area contributed by atoms with Crippen LogP contribution in [-0.4, -0.2) is 38.6 Å². The van der Waals surface area contributed by atoms with Crippen LogP contribution in [0.1, 0.15) is 39.7 Å². The molecule has 1 amide bonds. The Hall–Kier alpha value is -2.18. The number of fused-ring (bicyclic) bond motifs is 1. The molecule has 4 rings (SSSR count). The third-order valence-corrected chi connectivity index (χ3v) is 5.95. The van der Waals surface area contributed by atoms with E-state index in [4.69, 9.17) is 0 Å². The van der Waals surface area contributed by atoms with Gasteiger partial charge in [-0.05, 0) is 48.8 Å². The van der Waals surface area contributed by atoms with E-state index in [1.165, 1.54) is 0 Å². The molecule has 3 aromatic heterocycles. The van der Waals surface area contributed by atoms with Crippen LogP contribution in [-0.2, 0) is 0 Å². The van der Waals surface area contributed by atoms with Crippen LogP contribution in [0.4, 0.5) is 0 Å². The Bertz CT molecular complexity index is 879. The zero-order valence-corrected chi connectivity index (χ0v) is 14.9. The molecule has 1 unspecified atom stereocenters. The van der Waals surface area contributed by atoms with Gasteiger partial charge in [0.2, 0.25) is 0 Å². The maximum absolute atomic E-state index is 12.9. The predicted octanol–water partition coefficient (Wildman–Crippen LogP) is 3.29. The molecule has 25 heavy (non-hydrogen) atoms. The van der Waals surface area contributed by atoms with E-state index in [1.54, 1.807) is 22.0 Å². The van der Waals surface area contributed by atoms with E-state index in [0.29, 0.717) is 18.7 Å². The number of carbonyl (C=O) groups excluding carboxylic acids is 1. The Balaban J connectivity index is 1.46. The Kier molecular flexibility index (Phi) is 4.31. The lowest BCUT2D eigenvalue weighted by Crippen LogP contribution is -2.39. The van der Waals surface area contributed by atoms with Gasteiger partial charge in [0.05, 0.1) is 23.4 Å². The lowest BCUT2D eigenvalue weighted by molar-refractivity contribution is 0.0475. The number of thiophene rings is 1. The average Bonchev–Trinajstić information content (AvgIpc) is 3.30. The number of amides is 1. The molecule has 5 nitrogen and oxygen atoms in total. The van der Waals surface area contributed by atoms with Crippen LogP contribution in [0.25, 0.3) is 5.52 Å². The molecule has 0 spiro atoms. The summed E-state index contributed by atoms with van der Waals surface area (Å²) in [6.45, 7) is 3.36. The zero-order valence-electron chi connectivity index (χ0n) is 14.1. The van der Waals surface area contributed by atoms with Crippen molar-refractivity contribution in [1.82, 2.24) is 14.5 Å². The number of hydrogen-bond acceptors (Lipinski definition) is 4. The lowest BCUT2D eigenvalue weighted by atomic mass is 9.90. The Morgan fingerprint density at radius 1 is 1.32 bits per heavy atom. The molecule has 6 heteroatoms. The molecule has 0 aromatic carbocycles. The second-order valence-electron chi connectivity index (χ2n) is 6.68. The summed E-state index contributed by atoms with van der Waals surface area (Å²) >= 11 is 1.59. The lowest BCUT2D eigenvalue weighted by Gasteiger charge is -2.33. The van der Waals surface area contributed by atoms with Gasteiger partial charge in [0, 0.05) is 24.2 Å². The van der Waals surface area contributed by atoms with Gasteiger partial charge >= 0.3 is 0 Å². The second kappa shape index (κ2) is 6.61. The summed E-state index contributed by atoms with van der Waals surface area (Å²) in [6.07, 6.45) is 4.81. The van der Waals surface area contributed by atoms with Crippen molar-refractivity contribution in [3.8, 4) is 0 Å². The topological polar surface area (TPSA) is 57.8 Å². The van der Waals surface area contributed by atoms with Crippen molar-refractivity contribution < 1.29 is 9.90 Å².